The van der Waals surface area contributed by atoms with E-state index < -0.39 is 0 Å². The van der Waals surface area contributed by atoms with Crippen LogP contribution in [0.3, 0.4) is 0 Å². The molecule has 2 aliphatic rings. The van der Waals surface area contributed by atoms with E-state index in [0.717, 1.165) is 23.3 Å². The molecule has 90 valence electrons. The number of rotatable bonds is 2. The molecule has 1 aromatic rings. The molecule has 0 atom stereocenters. The highest BCUT2D eigenvalue weighted by Gasteiger charge is 2.21. The Bertz CT molecular complexity index is 567. The standard InChI is InChI=1S/C15H12O2S/c16-14-7-6-13(17-14)15(12-8-9-18-10-12)11-4-2-1-3-5-11/h1-7,10H,8-9H2/b15-13-. The second-order valence-corrected chi connectivity index (χ2v) is 5.10. The molecule has 0 aliphatic carbocycles. The lowest BCUT2D eigenvalue weighted by atomic mass is 9.96. The number of carbonyl (C=O) groups excluding carboxylic acids is 1. The van der Waals surface area contributed by atoms with Gasteiger partial charge in [-0.2, -0.15) is 0 Å². The van der Waals surface area contributed by atoms with Crippen LogP contribution in [0, 0.1) is 0 Å². The highest BCUT2D eigenvalue weighted by atomic mass is 32.2. The van der Waals surface area contributed by atoms with Crippen LogP contribution in [0.2, 0.25) is 0 Å². The van der Waals surface area contributed by atoms with Crippen molar-refractivity contribution in [3.8, 4) is 0 Å². The van der Waals surface area contributed by atoms with E-state index in [0.29, 0.717) is 5.76 Å². The van der Waals surface area contributed by atoms with Crippen molar-refractivity contribution in [1.29, 1.82) is 0 Å². The van der Waals surface area contributed by atoms with Crippen LogP contribution in [0.5, 0.6) is 0 Å². The predicted molar refractivity (Wildman–Crippen MR) is 73.8 cm³/mol. The third-order valence-corrected chi connectivity index (χ3v) is 3.82. The largest absolute Gasteiger partial charge is 0.423 e. The molecule has 0 spiro atoms. The molecule has 0 N–H and O–H groups in total. The fourth-order valence-corrected chi connectivity index (χ4v) is 3.01. The van der Waals surface area contributed by atoms with E-state index in [4.69, 9.17) is 4.74 Å². The lowest BCUT2D eigenvalue weighted by Crippen LogP contribution is -1.97. The summed E-state index contributed by atoms with van der Waals surface area (Å²) in [5.74, 6) is 1.47. The Morgan fingerprint density at radius 3 is 2.61 bits per heavy atom. The van der Waals surface area contributed by atoms with Gasteiger partial charge < -0.3 is 4.74 Å². The summed E-state index contributed by atoms with van der Waals surface area (Å²) >= 11 is 1.80. The topological polar surface area (TPSA) is 26.3 Å². The summed E-state index contributed by atoms with van der Waals surface area (Å²) in [7, 11) is 0. The SMILES string of the molecule is O=C1C=C/C(=C(/C2=CSCC2)c2ccccc2)O1. The summed E-state index contributed by atoms with van der Waals surface area (Å²) in [5.41, 5.74) is 3.39. The minimum Gasteiger partial charge on any atom is -0.423 e. The third-order valence-electron chi connectivity index (χ3n) is 2.93. The second-order valence-electron chi connectivity index (χ2n) is 4.12. The molecule has 0 bridgehead atoms. The van der Waals surface area contributed by atoms with Gasteiger partial charge in [0.1, 0.15) is 5.76 Å². The van der Waals surface area contributed by atoms with Gasteiger partial charge in [-0.25, -0.2) is 4.79 Å². The fourth-order valence-electron chi connectivity index (χ4n) is 2.12. The number of cyclic esters (lactones) is 1. The number of hydrogen-bond donors (Lipinski definition) is 0. The second kappa shape index (κ2) is 4.86. The number of carbonyl (C=O) groups is 1. The van der Waals surface area contributed by atoms with E-state index in [-0.39, 0.29) is 5.97 Å². The molecule has 3 heteroatoms. The van der Waals surface area contributed by atoms with Crippen molar-refractivity contribution in [3.63, 3.8) is 0 Å². The van der Waals surface area contributed by atoms with E-state index in [1.807, 2.05) is 30.3 Å². The molecule has 18 heavy (non-hydrogen) atoms. The van der Waals surface area contributed by atoms with Crippen molar-refractivity contribution in [2.24, 2.45) is 0 Å². The van der Waals surface area contributed by atoms with Crippen molar-refractivity contribution >= 4 is 23.3 Å². The normalized spacial score (nSPS) is 20.9. The molecule has 0 unspecified atom stereocenters. The first-order valence-corrected chi connectivity index (χ1v) is 6.90. The number of benzene rings is 1. The molecular weight excluding hydrogens is 244 g/mol. The zero-order valence-electron chi connectivity index (χ0n) is 9.76. The van der Waals surface area contributed by atoms with Crippen molar-refractivity contribution in [3.05, 3.63) is 64.8 Å². The molecule has 0 saturated heterocycles. The smallest absolute Gasteiger partial charge is 0.336 e. The molecular formula is C15H12O2S. The van der Waals surface area contributed by atoms with Crippen LogP contribution in [-0.4, -0.2) is 11.7 Å². The van der Waals surface area contributed by atoms with E-state index in [1.165, 1.54) is 11.6 Å². The van der Waals surface area contributed by atoms with Gasteiger partial charge in [0.25, 0.3) is 0 Å². The number of thioether (sulfide) groups is 1. The molecule has 0 saturated carbocycles. The minimum absolute atomic E-state index is 0.287. The van der Waals surface area contributed by atoms with Crippen molar-refractivity contribution in [1.82, 2.24) is 0 Å². The number of hydrogen-bond acceptors (Lipinski definition) is 3. The number of ether oxygens (including phenoxy) is 1. The molecule has 2 aliphatic heterocycles. The Morgan fingerprint density at radius 1 is 1.17 bits per heavy atom. The maximum Gasteiger partial charge on any atom is 0.336 e. The van der Waals surface area contributed by atoms with Crippen LogP contribution < -0.4 is 0 Å². The fraction of sp³-hybridized carbons (Fsp3) is 0.133. The van der Waals surface area contributed by atoms with Crippen LogP contribution in [-0.2, 0) is 9.53 Å². The van der Waals surface area contributed by atoms with Crippen molar-refractivity contribution in [2.75, 3.05) is 5.75 Å². The third kappa shape index (κ3) is 2.14. The Hall–Kier alpha value is -1.74. The zero-order chi connectivity index (χ0) is 12.4. The number of allylic oxidation sites excluding steroid dienone is 3. The average Bonchev–Trinajstić information content (AvgIpc) is 3.04. The van der Waals surface area contributed by atoms with Gasteiger partial charge in [-0.1, -0.05) is 30.3 Å². The Labute approximate surface area is 110 Å². The van der Waals surface area contributed by atoms with Crippen LogP contribution >= 0.6 is 11.8 Å². The van der Waals surface area contributed by atoms with Crippen molar-refractivity contribution < 1.29 is 9.53 Å². The molecule has 1 aromatic carbocycles. The highest BCUT2D eigenvalue weighted by Crippen LogP contribution is 2.37. The Kier molecular flexibility index (Phi) is 3.07. The minimum atomic E-state index is -0.287. The van der Waals surface area contributed by atoms with Gasteiger partial charge in [-0.05, 0) is 29.0 Å². The van der Waals surface area contributed by atoms with Gasteiger partial charge in [0.15, 0.2) is 0 Å². The van der Waals surface area contributed by atoms with E-state index >= 15 is 0 Å². The van der Waals surface area contributed by atoms with Crippen LogP contribution in [0.1, 0.15) is 12.0 Å². The highest BCUT2D eigenvalue weighted by molar-refractivity contribution is 8.02. The Balaban J connectivity index is 2.10. The quantitative estimate of drug-likeness (QED) is 0.757. The van der Waals surface area contributed by atoms with Gasteiger partial charge in [0.2, 0.25) is 0 Å². The van der Waals surface area contributed by atoms with Gasteiger partial charge >= 0.3 is 5.97 Å². The summed E-state index contributed by atoms with van der Waals surface area (Å²) in [6, 6.07) is 10.1. The first-order chi connectivity index (χ1) is 8.84. The molecule has 0 radical (unpaired) electrons. The Morgan fingerprint density at radius 2 is 2.00 bits per heavy atom. The first kappa shape index (κ1) is 11.4. The molecule has 2 nitrogen and oxygen atoms in total. The number of esters is 1. The average molecular weight is 256 g/mol. The molecule has 0 aromatic heterocycles. The summed E-state index contributed by atoms with van der Waals surface area (Å²) in [6.07, 6.45) is 4.25. The van der Waals surface area contributed by atoms with Crippen LogP contribution in [0.25, 0.3) is 5.57 Å². The van der Waals surface area contributed by atoms with Gasteiger partial charge in [-0.15, -0.1) is 11.8 Å². The monoisotopic (exact) mass is 256 g/mol. The van der Waals surface area contributed by atoms with Crippen molar-refractivity contribution in [2.45, 2.75) is 6.42 Å². The summed E-state index contributed by atoms with van der Waals surface area (Å²) in [5, 5.41) is 2.16. The molecule has 3 rings (SSSR count). The summed E-state index contributed by atoms with van der Waals surface area (Å²) in [6.45, 7) is 0. The first-order valence-electron chi connectivity index (χ1n) is 5.85. The summed E-state index contributed by atoms with van der Waals surface area (Å²) < 4.78 is 5.27. The van der Waals surface area contributed by atoms with E-state index in [9.17, 15) is 4.79 Å². The molecule has 2 heterocycles. The van der Waals surface area contributed by atoms with Gasteiger partial charge in [0.05, 0.1) is 0 Å². The van der Waals surface area contributed by atoms with Gasteiger partial charge in [0, 0.05) is 17.4 Å². The summed E-state index contributed by atoms with van der Waals surface area (Å²) in [4.78, 5) is 11.2. The van der Waals surface area contributed by atoms with E-state index in [1.54, 1.807) is 17.8 Å². The zero-order valence-corrected chi connectivity index (χ0v) is 10.6. The molecule has 0 amide bonds. The van der Waals surface area contributed by atoms with Crippen LogP contribution in [0.15, 0.2) is 59.2 Å². The van der Waals surface area contributed by atoms with E-state index in [2.05, 4.69) is 5.41 Å². The molecule has 0 fully saturated rings. The lowest BCUT2D eigenvalue weighted by Gasteiger charge is -2.11. The van der Waals surface area contributed by atoms with Crippen LogP contribution in [0.4, 0.5) is 0 Å². The lowest BCUT2D eigenvalue weighted by molar-refractivity contribution is -0.132. The maximum absolute atomic E-state index is 11.2. The predicted octanol–water partition coefficient (Wildman–Crippen LogP) is 3.53. The maximum atomic E-state index is 11.2. The van der Waals surface area contributed by atoms with Gasteiger partial charge in [-0.3, -0.25) is 0 Å².